The van der Waals surface area contributed by atoms with Crippen LogP contribution in [0.4, 0.5) is 8.78 Å². The van der Waals surface area contributed by atoms with Gasteiger partial charge in [-0.3, -0.25) is 4.79 Å². The van der Waals surface area contributed by atoms with E-state index in [4.69, 9.17) is 4.74 Å². The maximum Gasteiger partial charge on any atom is 0.256 e. The minimum Gasteiger partial charge on any atom is -0.374 e. The Hall–Kier alpha value is -1.53. The largest absolute Gasteiger partial charge is 0.374 e. The van der Waals surface area contributed by atoms with Gasteiger partial charge in [-0.15, -0.1) is 0 Å². The van der Waals surface area contributed by atoms with Crippen LogP contribution in [0.25, 0.3) is 0 Å². The summed E-state index contributed by atoms with van der Waals surface area (Å²) in [5.74, 6) is -2.03. The van der Waals surface area contributed by atoms with E-state index in [1.807, 2.05) is 0 Å². The highest BCUT2D eigenvalue weighted by atomic mass is 19.1. The van der Waals surface area contributed by atoms with Gasteiger partial charge in [0.15, 0.2) is 0 Å². The Labute approximate surface area is 110 Å². The van der Waals surface area contributed by atoms with Gasteiger partial charge in [0.2, 0.25) is 0 Å². The average Bonchev–Trinajstić information content (AvgIpc) is 2.39. The fourth-order valence-electron chi connectivity index (χ4n) is 1.99. The topological polar surface area (TPSA) is 41.6 Å². The summed E-state index contributed by atoms with van der Waals surface area (Å²) >= 11 is 0. The van der Waals surface area contributed by atoms with Crippen molar-refractivity contribution in [3.05, 3.63) is 35.4 Å². The molecule has 1 N–H and O–H groups in total. The first-order chi connectivity index (χ1) is 9.08. The second kappa shape index (κ2) is 6.08. The van der Waals surface area contributed by atoms with E-state index in [-0.39, 0.29) is 11.7 Å². The van der Waals surface area contributed by atoms with Crippen LogP contribution in [0.2, 0.25) is 0 Å². The molecule has 1 unspecified atom stereocenters. The Kier molecular flexibility index (Phi) is 4.44. The molecule has 0 aliphatic carbocycles. The number of halogens is 2. The molecule has 1 atom stereocenters. The molecule has 1 saturated heterocycles. The number of hydrogen-bond acceptors (Lipinski definition) is 3. The molecule has 1 fully saturated rings. The Morgan fingerprint density at radius 3 is 2.95 bits per heavy atom. The van der Waals surface area contributed by atoms with Gasteiger partial charge in [0, 0.05) is 32.7 Å². The van der Waals surface area contributed by atoms with Crippen LogP contribution in [-0.2, 0) is 4.74 Å². The van der Waals surface area contributed by atoms with Crippen molar-refractivity contribution in [1.82, 2.24) is 10.2 Å². The van der Waals surface area contributed by atoms with Crippen LogP contribution in [0, 0.1) is 11.6 Å². The molecule has 4 nitrogen and oxygen atoms in total. The van der Waals surface area contributed by atoms with Gasteiger partial charge in [-0.1, -0.05) is 0 Å². The second-order valence-electron chi connectivity index (χ2n) is 4.51. The summed E-state index contributed by atoms with van der Waals surface area (Å²) in [6, 6.07) is 2.94. The highest BCUT2D eigenvalue weighted by Gasteiger charge is 2.21. The number of hydrogen-bond donors (Lipinski definition) is 1. The minimum atomic E-state index is -0.848. The molecule has 1 aliphatic rings. The van der Waals surface area contributed by atoms with Gasteiger partial charge in [-0.2, -0.15) is 0 Å². The lowest BCUT2D eigenvalue weighted by Crippen LogP contribution is -2.45. The molecule has 0 aromatic heterocycles. The van der Waals surface area contributed by atoms with Gasteiger partial charge in [-0.05, 0) is 12.1 Å². The quantitative estimate of drug-likeness (QED) is 0.892. The number of carbonyl (C=O) groups excluding carboxylic acids is 1. The normalized spacial score (nSPS) is 19.2. The first-order valence-electron chi connectivity index (χ1n) is 6.11. The number of likely N-dealkylation sites (N-methyl/N-ethyl adjacent to an activating group) is 1. The van der Waals surface area contributed by atoms with E-state index in [2.05, 4.69) is 5.32 Å². The van der Waals surface area contributed by atoms with Gasteiger partial charge < -0.3 is 15.0 Å². The Balaban J connectivity index is 2.01. The molecule has 0 bridgehead atoms. The predicted molar refractivity (Wildman–Crippen MR) is 65.9 cm³/mol. The molecule has 6 heteroatoms. The first kappa shape index (κ1) is 13.9. The monoisotopic (exact) mass is 270 g/mol. The highest BCUT2D eigenvalue weighted by molar-refractivity contribution is 5.94. The summed E-state index contributed by atoms with van der Waals surface area (Å²) in [5, 5.41) is 3.15. The Bertz CT molecular complexity index is 462. The highest BCUT2D eigenvalue weighted by Crippen LogP contribution is 2.12. The van der Waals surface area contributed by atoms with Crippen molar-refractivity contribution in [1.29, 1.82) is 0 Å². The van der Waals surface area contributed by atoms with E-state index < -0.39 is 17.5 Å². The zero-order valence-corrected chi connectivity index (χ0v) is 10.7. The molecular formula is C13H16F2N2O2. The SMILES string of the molecule is CN(CC1CNCCO1)C(=O)c1ccc(F)cc1F. The molecular weight excluding hydrogens is 254 g/mol. The van der Waals surface area contributed by atoms with E-state index in [0.29, 0.717) is 25.8 Å². The van der Waals surface area contributed by atoms with Gasteiger partial charge >= 0.3 is 0 Å². The standard InChI is InChI=1S/C13H16F2N2O2/c1-17(8-10-7-16-4-5-19-10)13(18)11-3-2-9(14)6-12(11)15/h2-3,6,10,16H,4-5,7-8H2,1H3. The van der Waals surface area contributed by atoms with Crippen molar-refractivity contribution < 1.29 is 18.3 Å². The molecule has 2 rings (SSSR count). The summed E-state index contributed by atoms with van der Waals surface area (Å²) in [4.78, 5) is 13.4. The van der Waals surface area contributed by atoms with Crippen molar-refractivity contribution >= 4 is 5.91 Å². The smallest absolute Gasteiger partial charge is 0.256 e. The number of rotatable bonds is 3. The third kappa shape index (κ3) is 3.48. The van der Waals surface area contributed by atoms with Crippen LogP contribution in [0.5, 0.6) is 0 Å². The number of amides is 1. The fourth-order valence-corrected chi connectivity index (χ4v) is 1.99. The average molecular weight is 270 g/mol. The number of nitrogens with one attached hydrogen (secondary N) is 1. The maximum atomic E-state index is 13.5. The summed E-state index contributed by atoms with van der Waals surface area (Å²) < 4.78 is 31.8. The predicted octanol–water partition coefficient (Wildman–Crippen LogP) is 1.03. The van der Waals surface area contributed by atoms with Gasteiger partial charge in [-0.25, -0.2) is 8.78 Å². The van der Waals surface area contributed by atoms with Crippen molar-refractivity contribution in [2.75, 3.05) is 33.3 Å². The third-order valence-electron chi connectivity index (χ3n) is 2.99. The van der Waals surface area contributed by atoms with Crippen LogP contribution in [0.3, 0.4) is 0 Å². The van der Waals surface area contributed by atoms with E-state index in [1.54, 1.807) is 7.05 Å². The Morgan fingerprint density at radius 2 is 2.32 bits per heavy atom. The fraction of sp³-hybridized carbons (Fsp3) is 0.462. The number of morpholine rings is 1. The zero-order chi connectivity index (χ0) is 13.8. The number of benzene rings is 1. The molecule has 0 spiro atoms. The summed E-state index contributed by atoms with van der Waals surface area (Å²) in [6.45, 7) is 2.41. The number of carbonyl (C=O) groups is 1. The molecule has 104 valence electrons. The lowest BCUT2D eigenvalue weighted by molar-refractivity contribution is 0.0103. The first-order valence-corrected chi connectivity index (χ1v) is 6.11. The lowest BCUT2D eigenvalue weighted by Gasteiger charge is -2.28. The Morgan fingerprint density at radius 1 is 1.53 bits per heavy atom. The zero-order valence-electron chi connectivity index (χ0n) is 10.7. The van der Waals surface area contributed by atoms with Crippen LogP contribution in [0.15, 0.2) is 18.2 Å². The molecule has 1 aromatic rings. The second-order valence-corrected chi connectivity index (χ2v) is 4.51. The van der Waals surface area contributed by atoms with E-state index >= 15 is 0 Å². The van der Waals surface area contributed by atoms with Crippen LogP contribution >= 0.6 is 0 Å². The molecule has 1 amide bonds. The molecule has 1 heterocycles. The van der Waals surface area contributed by atoms with Crippen molar-refractivity contribution in [2.24, 2.45) is 0 Å². The molecule has 0 radical (unpaired) electrons. The maximum absolute atomic E-state index is 13.5. The third-order valence-corrected chi connectivity index (χ3v) is 2.99. The van der Waals surface area contributed by atoms with Gasteiger partial charge in [0.05, 0.1) is 18.3 Å². The molecule has 1 aliphatic heterocycles. The number of ether oxygens (including phenoxy) is 1. The summed E-state index contributed by atoms with van der Waals surface area (Å²) in [5.41, 5.74) is -0.132. The van der Waals surface area contributed by atoms with E-state index in [9.17, 15) is 13.6 Å². The van der Waals surface area contributed by atoms with E-state index in [1.165, 1.54) is 4.90 Å². The molecule has 19 heavy (non-hydrogen) atoms. The van der Waals surface area contributed by atoms with Crippen LogP contribution in [0.1, 0.15) is 10.4 Å². The van der Waals surface area contributed by atoms with Crippen molar-refractivity contribution in [2.45, 2.75) is 6.10 Å². The van der Waals surface area contributed by atoms with Crippen molar-refractivity contribution in [3.8, 4) is 0 Å². The number of nitrogens with zero attached hydrogens (tertiary/aromatic N) is 1. The van der Waals surface area contributed by atoms with Crippen LogP contribution in [-0.4, -0.2) is 50.2 Å². The minimum absolute atomic E-state index is 0.105. The van der Waals surface area contributed by atoms with Gasteiger partial charge in [0.25, 0.3) is 5.91 Å². The van der Waals surface area contributed by atoms with Gasteiger partial charge in [0.1, 0.15) is 11.6 Å². The lowest BCUT2D eigenvalue weighted by atomic mass is 10.1. The van der Waals surface area contributed by atoms with E-state index in [0.717, 1.165) is 18.7 Å². The molecule has 0 saturated carbocycles. The summed E-state index contributed by atoms with van der Waals surface area (Å²) in [7, 11) is 1.57. The summed E-state index contributed by atoms with van der Waals surface area (Å²) in [6.07, 6.45) is -0.105. The van der Waals surface area contributed by atoms with Crippen LogP contribution < -0.4 is 5.32 Å². The molecule has 1 aromatic carbocycles. The van der Waals surface area contributed by atoms with Crippen molar-refractivity contribution in [3.63, 3.8) is 0 Å².